The lowest BCUT2D eigenvalue weighted by Crippen LogP contribution is -2.29. The molecule has 20 heavy (non-hydrogen) atoms. The highest BCUT2D eigenvalue weighted by atomic mass is 32.1. The minimum atomic E-state index is -0.436. The van der Waals surface area contributed by atoms with Gasteiger partial charge in [0.05, 0.1) is 18.9 Å². The van der Waals surface area contributed by atoms with Gasteiger partial charge in [0.1, 0.15) is 16.8 Å². The number of carbonyl (C=O) groups is 1. The van der Waals surface area contributed by atoms with Gasteiger partial charge >= 0.3 is 0 Å². The van der Waals surface area contributed by atoms with Crippen molar-refractivity contribution >= 4 is 28.8 Å². The number of para-hydroxylation sites is 1. The lowest BCUT2D eigenvalue weighted by Gasteiger charge is -2.16. The van der Waals surface area contributed by atoms with Gasteiger partial charge in [0.25, 0.3) is 5.91 Å². The van der Waals surface area contributed by atoms with Crippen molar-refractivity contribution in [3.8, 4) is 5.75 Å². The number of methoxy groups -OCH3 is 1. The molecule has 1 fully saturated rings. The molecule has 1 aromatic carbocycles. The monoisotopic (exact) mass is 294 g/mol. The Kier molecular flexibility index (Phi) is 4.57. The SMILES string of the molecule is COc1cccc(C(N)=S)c1NC(=O)C1CCC(C)O1. The summed E-state index contributed by atoms with van der Waals surface area (Å²) in [6, 6.07) is 5.27. The van der Waals surface area contributed by atoms with Crippen LogP contribution in [0, 0.1) is 0 Å². The number of carbonyl (C=O) groups excluding carboxylic acids is 1. The van der Waals surface area contributed by atoms with E-state index < -0.39 is 6.10 Å². The molecular weight excluding hydrogens is 276 g/mol. The van der Waals surface area contributed by atoms with Crippen LogP contribution in [0.25, 0.3) is 0 Å². The topological polar surface area (TPSA) is 73.6 Å². The zero-order valence-electron chi connectivity index (χ0n) is 11.5. The first-order valence-electron chi connectivity index (χ1n) is 6.46. The molecular formula is C14H18N2O3S. The Morgan fingerprint density at radius 2 is 2.25 bits per heavy atom. The Morgan fingerprint density at radius 1 is 1.50 bits per heavy atom. The van der Waals surface area contributed by atoms with Crippen molar-refractivity contribution in [2.24, 2.45) is 5.73 Å². The fraction of sp³-hybridized carbons (Fsp3) is 0.429. The van der Waals surface area contributed by atoms with Gasteiger partial charge in [0, 0.05) is 5.56 Å². The number of nitrogens with two attached hydrogens (primary N) is 1. The minimum Gasteiger partial charge on any atom is -0.495 e. The Labute approximate surface area is 123 Å². The van der Waals surface area contributed by atoms with Crippen LogP contribution in [0.5, 0.6) is 5.75 Å². The van der Waals surface area contributed by atoms with E-state index in [1.807, 2.05) is 6.92 Å². The van der Waals surface area contributed by atoms with E-state index in [9.17, 15) is 4.79 Å². The van der Waals surface area contributed by atoms with Crippen molar-refractivity contribution in [3.05, 3.63) is 23.8 Å². The van der Waals surface area contributed by atoms with Gasteiger partial charge in [-0.25, -0.2) is 0 Å². The fourth-order valence-corrected chi connectivity index (χ4v) is 2.40. The molecule has 5 nitrogen and oxygen atoms in total. The number of anilines is 1. The summed E-state index contributed by atoms with van der Waals surface area (Å²) >= 11 is 5.00. The molecule has 108 valence electrons. The minimum absolute atomic E-state index is 0.110. The highest BCUT2D eigenvalue weighted by Crippen LogP contribution is 2.29. The van der Waals surface area contributed by atoms with Crippen LogP contribution in [0.2, 0.25) is 0 Å². The van der Waals surface area contributed by atoms with Gasteiger partial charge in [0.15, 0.2) is 0 Å². The molecule has 2 unspecified atom stereocenters. The van der Waals surface area contributed by atoms with Crippen LogP contribution in [0.3, 0.4) is 0 Å². The van der Waals surface area contributed by atoms with E-state index in [0.717, 1.165) is 6.42 Å². The highest BCUT2D eigenvalue weighted by molar-refractivity contribution is 7.80. The summed E-state index contributed by atoms with van der Waals surface area (Å²) < 4.78 is 10.8. The molecule has 0 bridgehead atoms. The Morgan fingerprint density at radius 3 is 2.80 bits per heavy atom. The van der Waals surface area contributed by atoms with Crippen LogP contribution in [0.15, 0.2) is 18.2 Å². The lowest BCUT2D eigenvalue weighted by atomic mass is 10.1. The fourth-order valence-electron chi connectivity index (χ4n) is 2.23. The maximum Gasteiger partial charge on any atom is 0.253 e. The first-order valence-corrected chi connectivity index (χ1v) is 6.87. The van der Waals surface area contributed by atoms with E-state index in [0.29, 0.717) is 23.4 Å². The molecule has 0 aliphatic carbocycles. The van der Waals surface area contributed by atoms with E-state index in [1.165, 1.54) is 7.11 Å². The molecule has 0 radical (unpaired) electrons. The second kappa shape index (κ2) is 6.19. The summed E-state index contributed by atoms with van der Waals surface area (Å²) in [5, 5.41) is 2.82. The van der Waals surface area contributed by atoms with E-state index in [1.54, 1.807) is 18.2 Å². The van der Waals surface area contributed by atoms with Crippen molar-refractivity contribution in [1.29, 1.82) is 0 Å². The molecule has 1 saturated heterocycles. The molecule has 0 saturated carbocycles. The van der Waals surface area contributed by atoms with Crippen LogP contribution >= 0.6 is 12.2 Å². The number of nitrogens with one attached hydrogen (secondary N) is 1. The maximum atomic E-state index is 12.2. The largest absolute Gasteiger partial charge is 0.495 e. The third-order valence-corrected chi connectivity index (χ3v) is 3.50. The Balaban J connectivity index is 2.23. The van der Waals surface area contributed by atoms with Gasteiger partial charge in [-0.2, -0.15) is 0 Å². The van der Waals surface area contributed by atoms with E-state index in [4.69, 9.17) is 27.4 Å². The summed E-state index contributed by atoms with van der Waals surface area (Å²) in [5.74, 6) is 0.325. The number of thiocarbonyl (C=S) groups is 1. The van der Waals surface area contributed by atoms with Crippen molar-refractivity contribution in [1.82, 2.24) is 0 Å². The Hall–Kier alpha value is -1.66. The van der Waals surface area contributed by atoms with Crippen LogP contribution in [0.1, 0.15) is 25.3 Å². The molecule has 0 spiro atoms. The van der Waals surface area contributed by atoms with Gasteiger partial charge < -0.3 is 20.5 Å². The molecule has 1 aliphatic rings. The van der Waals surface area contributed by atoms with Crippen molar-refractivity contribution in [3.63, 3.8) is 0 Å². The van der Waals surface area contributed by atoms with Crippen molar-refractivity contribution < 1.29 is 14.3 Å². The van der Waals surface area contributed by atoms with Crippen molar-refractivity contribution in [2.75, 3.05) is 12.4 Å². The van der Waals surface area contributed by atoms with Gasteiger partial charge in [-0.1, -0.05) is 18.3 Å². The van der Waals surface area contributed by atoms with Gasteiger partial charge in [-0.15, -0.1) is 0 Å². The average molecular weight is 294 g/mol. The zero-order valence-corrected chi connectivity index (χ0v) is 12.3. The van der Waals surface area contributed by atoms with E-state index >= 15 is 0 Å². The standard InChI is InChI=1S/C14H18N2O3S/c1-8-6-7-11(19-8)14(17)16-12-9(13(15)20)4-3-5-10(12)18-2/h3-5,8,11H,6-7H2,1-2H3,(H2,15,20)(H,16,17). The quantitative estimate of drug-likeness (QED) is 0.829. The maximum absolute atomic E-state index is 12.2. The molecule has 1 aliphatic heterocycles. The predicted octanol–water partition coefficient (Wildman–Crippen LogP) is 1.84. The molecule has 0 aromatic heterocycles. The summed E-state index contributed by atoms with van der Waals surface area (Å²) in [5.41, 5.74) is 6.76. The third kappa shape index (κ3) is 3.08. The number of rotatable bonds is 4. The molecule has 2 atom stereocenters. The third-order valence-electron chi connectivity index (χ3n) is 3.28. The molecule has 3 N–H and O–H groups in total. The van der Waals surface area contributed by atoms with Gasteiger partial charge in [-0.05, 0) is 31.9 Å². The predicted molar refractivity (Wildman–Crippen MR) is 81.1 cm³/mol. The van der Waals surface area contributed by atoms with Crippen molar-refractivity contribution in [2.45, 2.75) is 32.0 Å². The molecule has 2 rings (SSSR count). The number of amides is 1. The zero-order chi connectivity index (χ0) is 14.7. The summed E-state index contributed by atoms with van der Waals surface area (Å²) in [6.45, 7) is 1.96. The molecule has 1 amide bonds. The Bertz CT molecular complexity index is 533. The second-order valence-corrected chi connectivity index (χ2v) is 5.19. The number of benzene rings is 1. The van der Waals surface area contributed by atoms with Crippen LogP contribution < -0.4 is 15.8 Å². The van der Waals surface area contributed by atoms with E-state index in [2.05, 4.69) is 5.32 Å². The molecule has 6 heteroatoms. The number of hydrogen-bond donors (Lipinski definition) is 2. The summed E-state index contributed by atoms with van der Waals surface area (Å²) in [4.78, 5) is 12.4. The first kappa shape index (κ1) is 14.7. The van der Waals surface area contributed by atoms with Crippen LogP contribution in [0.4, 0.5) is 5.69 Å². The first-order chi connectivity index (χ1) is 9.52. The number of ether oxygens (including phenoxy) is 2. The van der Waals surface area contributed by atoms with Gasteiger partial charge in [0.2, 0.25) is 0 Å². The summed E-state index contributed by atoms with van der Waals surface area (Å²) in [7, 11) is 1.53. The molecule has 1 aromatic rings. The number of hydrogen-bond acceptors (Lipinski definition) is 4. The van der Waals surface area contributed by atoms with E-state index in [-0.39, 0.29) is 17.0 Å². The van der Waals surface area contributed by atoms with Crippen LogP contribution in [-0.4, -0.2) is 30.2 Å². The van der Waals surface area contributed by atoms with Gasteiger partial charge in [-0.3, -0.25) is 4.79 Å². The summed E-state index contributed by atoms with van der Waals surface area (Å²) in [6.07, 6.45) is 1.27. The highest BCUT2D eigenvalue weighted by Gasteiger charge is 2.29. The molecule has 1 heterocycles. The smallest absolute Gasteiger partial charge is 0.253 e. The lowest BCUT2D eigenvalue weighted by molar-refractivity contribution is -0.126. The second-order valence-electron chi connectivity index (χ2n) is 4.75. The normalized spacial score (nSPS) is 21.5. The average Bonchev–Trinajstić information content (AvgIpc) is 2.85. The van der Waals surface area contributed by atoms with Crippen LogP contribution in [-0.2, 0) is 9.53 Å².